The highest BCUT2D eigenvalue weighted by Crippen LogP contribution is 2.47. The van der Waals surface area contributed by atoms with Crippen LogP contribution in [0.15, 0.2) is 18.2 Å². The number of aryl methyl sites for hydroxylation is 2. The Morgan fingerprint density at radius 3 is 2.96 bits per heavy atom. The first kappa shape index (κ1) is 17.4. The fourth-order valence-corrected chi connectivity index (χ4v) is 5.49. The quantitative estimate of drug-likeness (QED) is 0.817. The summed E-state index contributed by atoms with van der Waals surface area (Å²) >= 11 is 1.61. The first-order chi connectivity index (χ1) is 12.5. The van der Waals surface area contributed by atoms with Crippen LogP contribution >= 0.6 is 11.8 Å². The van der Waals surface area contributed by atoms with E-state index in [1.54, 1.807) is 16.7 Å². The third-order valence-electron chi connectivity index (χ3n) is 5.44. The summed E-state index contributed by atoms with van der Waals surface area (Å²) in [5.74, 6) is -0.354. The fourth-order valence-electron chi connectivity index (χ4n) is 4.07. The molecule has 1 N–H and O–H groups in total. The second kappa shape index (κ2) is 6.61. The van der Waals surface area contributed by atoms with E-state index in [1.807, 2.05) is 25.1 Å². The molecule has 1 aromatic carbocycles. The van der Waals surface area contributed by atoms with E-state index in [4.69, 9.17) is 4.74 Å². The van der Waals surface area contributed by atoms with Crippen molar-refractivity contribution >= 4 is 35.2 Å². The maximum atomic E-state index is 12.4. The second-order valence-corrected chi connectivity index (χ2v) is 8.76. The predicted molar refractivity (Wildman–Crippen MR) is 98.8 cm³/mol. The third-order valence-corrected chi connectivity index (χ3v) is 6.95. The summed E-state index contributed by atoms with van der Waals surface area (Å²) in [6, 6.07) is 5.32. The minimum Gasteiger partial charge on any atom is -0.454 e. The number of carbonyl (C=O) groups excluding carboxylic acids is 3. The summed E-state index contributed by atoms with van der Waals surface area (Å²) in [5.41, 5.74) is 3.34. The molecule has 2 saturated heterocycles. The summed E-state index contributed by atoms with van der Waals surface area (Å²) in [7, 11) is 0. The molecule has 0 spiro atoms. The van der Waals surface area contributed by atoms with E-state index in [1.165, 1.54) is 11.1 Å². The largest absolute Gasteiger partial charge is 0.454 e. The summed E-state index contributed by atoms with van der Waals surface area (Å²) in [5, 5.41) is 2.78. The summed E-state index contributed by atoms with van der Waals surface area (Å²) < 4.78 is 5.20. The van der Waals surface area contributed by atoms with Crippen molar-refractivity contribution in [3.63, 3.8) is 0 Å². The van der Waals surface area contributed by atoms with Crippen LogP contribution in [-0.4, -0.2) is 46.0 Å². The normalized spacial score (nSPS) is 26.6. The molecule has 138 valence electrons. The molecule has 2 fully saturated rings. The maximum absolute atomic E-state index is 12.4. The van der Waals surface area contributed by atoms with Crippen molar-refractivity contribution in [1.82, 2.24) is 4.90 Å². The maximum Gasteiger partial charge on any atom is 0.330 e. The molecule has 0 saturated carbocycles. The fraction of sp³-hybridized carbons (Fsp3) is 0.526. The molecule has 1 aliphatic carbocycles. The van der Waals surface area contributed by atoms with Crippen LogP contribution in [0.2, 0.25) is 0 Å². The zero-order valence-electron chi connectivity index (χ0n) is 14.7. The van der Waals surface area contributed by atoms with E-state index in [0.29, 0.717) is 12.2 Å². The van der Waals surface area contributed by atoms with Gasteiger partial charge in [0, 0.05) is 17.9 Å². The van der Waals surface area contributed by atoms with Gasteiger partial charge in [0.05, 0.1) is 4.87 Å². The summed E-state index contributed by atoms with van der Waals surface area (Å²) in [6.45, 7) is 1.65. The Balaban J connectivity index is 1.32. The van der Waals surface area contributed by atoms with E-state index < -0.39 is 12.0 Å². The lowest BCUT2D eigenvalue weighted by Gasteiger charge is -2.29. The Morgan fingerprint density at radius 2 is 2.12 bits per heavy atom. The van der Waals surface area contributed by atoms with Gasteiger partial charge in [-0.05, 0) is 55.9 Å². The number of rotatable bonds is 4. The molecule has 7 heteroatoms. The molecule has 0 bridgehead atoms. The molecule has 2 heterocycles. The van der Waals surface area contributed by atoms with Crippen LogP contribution in [0.5, 0.6) is 0 Å². The molecule has 0 radical (unpaired) electrons. The number of thioether (sulfide) groups is 1. The van der Waals surface area contributed by atoms with Gasteiger partial charge in [-0.3, -0.25) is 9.59 Å². The highest BCUT2D eigenvalue weighted by Gasteiger charge is 2.53. The van der Waals surface area contributed by atoms with Crippen LogP contribution < -0.4 is 5.32 Å². The monoisotopic (exact) mass is 374 g/mol. The Bertz CT molecular complexity index is 781. The van der Waals surface area contributed by atoms with Gasteiger partial charge in [0.1, 0.15) is 6.04 Å². The molecule has 3 aliphatic rings. The number of anilines is 1. The number of amides is 2. The molecule has 26 heavy (non-hydrogen) atoms. The molecule has 2 atom stereocenters. The van der Waals surface area contributed by atoms with Gasteiger partial charge in [0.15, 0.2) is 6.61 Å². The predicted octanol–water partition coefficient (Wildman–Crippen LogP) is 2.11. The number of nitrogens with zero attached hydrogens (tertiary/aromatic N) is 1. The highest BCUT2D eigenvalue weighted by atomic mass is 32.2. The average molecular weight is 374 g/mol. The van der Waals surface area contributed by atoms with E-state index in [2.05, 4.69) is 5.32 Å². The lowest BCUT2D eigenvalue weighted by Crippen LogP contribution is -2.47. The SMILES string of the molecule is C[C@]12CCC(=O)N1[C@H](C(=O)OCC(=O)Nc1ccc3c(c1)CCC3)CS2. The Labute approximate surface area is 156 Å². The molecule has 0 unspecified atom stereocenters. The van der Waals surface area contributed by atoms with Gasteiger partial charge in [0.25, 0.3) is 5.91 Å². The van der Waals surface area contributed by atoms with Crippen LogP contribution in [-0.2, 0) is 32.0 Å². The molecular formula is C19H22N2O4S. The number of ether oxygens (including phenoxy) is 1. The van der Waals surface area contributed by atoms with Gasteiger partial charge in [0.2, 0.25) is 5.91 Å². The molecule has 2 aliphatic heterocycles. The molecule has 0 aromatic heterocycles. The Hall–Kier alpha value is -2.02. The molecule has 4 rings (SSSR count). The Kier molecular flexibility index (Phi) is 4.42. The number of nitrogens with one attached hydrogen (secondary N) is 1. The van der Waals surface area contributed by atoms with Crippen molar-refractivity contribution in [2.45, 2.75) is 49.9 Å². The topological polar surface area (TPSA) is 75.7 Å². The van der Waals surface area contributed by atoms with Crippen LogP contribution in [0.25, 0.3) is 0 Å². The van der Waals surface area contributed by atoms with Crippen molar-refractivity contribution in [2.24, 2.45) is 0 Å². The van der Waals surface area contributed by atoms with Crippen LogP contribution in [0.3, 0.4) is 0 Å². The van der Waals surface area contributed by atoms with Crippen molar-refractivity contribution in [1.29, 1.82) is 0 Å². The lowest BCUT2D eigenvalue weighted by molar-refractivity contribution is -0.155. The van der Waals surface area contributed by atoms with Gasteiger partial charge >= 0.3 is 5.97 Å². The minimum atomic E-state index is -0.590. The minimum absolute atomic E-state index is 0.0120. The average Bonchev–Trinajstić information content (AvgIpc) is 3.28. The first-order valence-corrected chi connectivity index (χ1v) is 9.99. The van der Waals surface area contributed by atoms with Crippen LogP contribution in [0.4, 0.5) is 5.69 Å². The smallest absolute Gasteiger partial charge is 0.330 e. The zero-order chi connectivity index (χ0) is 18.3. The molecular weight excluding hydrogens is 352 g/mol. The highest BCUT2D eigenvalue weighted by molar-refractivity contribution is 8.01. The Morgan fingerprint density at radius 1 is 1.31 bits per heavy atom. The molecule has 2 amide bonds. The van der Waals surface area contributed by atoms with Gasteiger partial charge < -0.3 is 15.0 Å². The number of fused-ring (bicyclic) bond motifs is 2. The van der Waals surface area contributed by atoms with Crippen molar-refractivity contribution < 1.29 is 19.1 Å². The third kappa shape index (κ3) is 3.09. The van der Waals surface area contributed by atoms with E-state index in [0.717, 1.165) is 31.4 Å². The zero-order valence-corrected chi connectivity index (χ0v) is 15.6. The number of hydrogen-bond acceptors (Lipinski definition) is 5. The van der Waals surface area contributed by atoms with Crippen molar-refractivity contribution in [2.75, 3.05) is 17.7 Å². The summed E-state index contributed by atoms with van der Waals surface area (Å²) in [4.78, 5) is 37.9. The second-order valence-electron chi connectivity index (χ2n) is 7.26. The van der Waals surface area contributed by atoms with Gasteiger partial charge in [-0.15, -0.1) is 11.8 Å². The number of hydrogen-bond donors (Lipinski definition) is 1. The van der Waals surface area contributed by atoms with Crippen molar-refractivity contribution in [3.8, 4) is 0 Å². The number of esters is 1. The standard InChI is InChI=1S/C19H22N2O4S/c1-19-8-7-17(23)21(19)15(11-26-19)18(24)25-10-16(22)20-14-6-5-12-3-2-4-13(12)9-14/h5-6,9,15H,2-4,7-8,10-11H2,1H3,(H,20,22)/t15-,19-/m0/s1. The molecule has 6 nitrogen and oxygen atoms in total. The summed E-state index contributed by atoms with van der Waals surface area (Å²) in [6.07, 6.45) is 4.49. The van der Waals surface area contributed by atoms with E-state index >= 15 is 0 Å². The van der Waals surface area contributed by atoms with E-state index in [9.17, 15) is 14.4 Å². The van der Waals surface area contributed by atoms with Gasteiger partial charge in [-0.2, -0.15) is 0 Å². The van der Waals surface area contributed by atoms with Crippen LogP contribution in [0.1, 0.15) is 37.3 Å². The lowest BCUT2D eigenvalue weighted by atomic mass is 10.1. The first-order valence-electron chi connectivity index (χ1n) is 9.01. The molecule has 1 aromatic rings. The van der Waals surface area contributed by atoms with E-state index in [-0.39, 0.29) is 23.3 Å². The van der Waals surface area contributed by atoms with Gasteiger partial charge in [-0.1, -0.05) is 6.07 Å². The van der Waals surface area contributed by atoms with Crippen LogP contribution in [0, 0.1) is 0 Å². The number of benzene rings is 1. The number of carbonyl (C=O) groups is 3. The van der Waals surface area contributed by atoms with Crippen molar-refractivity contribution in [3.05, 3.63) is 29.3 Å². The van der Waals surface area contributed by atoms with Gasteiger partial charge in [-0.25, -0.2) is 4.79 Å².